The van der Waals surface area contributed by atoms with Crippen molar-refractivity contribution in [1.29, 1.82) is 0 Å². The Morgan fingerprint density at radius 3 is 2.50 bits per heavy atom. The number of carbonyl (C=O) groups is 2. The molecule has 1 heterocycles. The fourth-order valence-electron chi connectivity index (χ4n) is 2.48. The average Bonchev–Trinajstić information content (AvgIpc) is 2.53. The van der Waals surface area contributed by atoms with Crippen LogP contribution in [-0.4, -0.2) is 38.1 Å². The molecule has 0 spiro atoms. The number of amides is 2. The lowest BCUT2D eigenvalue weighted by atomic mass is 9.99. The lowest BCUT2D eigenvalue weighted by Gasteiger charge is -2.24. The van der Waals surface area contributed by atoms with Gasteiger partial charge in [-0.1, -0.05) is 11.6 Å². The molecule has 22 heavy (non-hydrogen) atoms. The van der Waals surface area contributed by atoms with Gasteiger partial charge in [-0.25, -0.2) is 0 Å². The maximum absolute atomic E-state index is 12.0. The summed E-state index contributed by atoms with van der Waals surface area (Å²) in [6.07, 6.45) is 1.53. The molecular formula is C16H21ClN2O3. The number of nitrogens with zero attached hydrogens (tertiary/aromatic N) is 1. The first kappa shape index (κ1) is 16.8. The number of ether oxygens (including phenoxy) is 1. The van der Waals surface area contributed by atoms with Gasteiger partial charge >= 0.3 is 0 Å². The van der Waals surface area contributed by atoms with Gasteiger partial charge in [0.1, 0.15) is 0 Å². The van der Waals surface area contributed by atoms with E-state index >= 15 is 0 Å². The van der Waals surface area contributed by atoms with Crippen molar-refractivity contribution in [3.05, 3.63) is 29.3 Å². The molecule has 1 aliphatic heterocycles. The molecule has 0 bridgehead atoms. The van der Waals surface area contributed by atoms with Gasteiger partial charge in [0.05, 0.1) is 0 Å². The zero-order valence-electron chi connectivity index (χ0n) is 12.7. The Labute approximate surface area is 135 Å². The minimum absolute atomic E-state index is 0.0232. The second-order valence-electron chi connectivity index (χ2n) is 5.32. The predicted octanol–water partition coefficient (Wildman–Crippen LogP) is 2.24. The lowest BCUT2D eigenvalue weighted by Crippen LogP contribution is -2.40. The number of anilines is 1. The van der Waals surface area contributed by atoms with E-state index in [0.717, 1.165) is 18.5 Å². The van der Waals surface area contributed by atoms with Crippen molar-refractivity contribution >= 4 is 29.1 Å². The molecule has 120 valence electrons. The first-order valence-electron chi connectivity index (χ1n) is 7.47. The van der Waals surface area contributed by atoms with Crippen LogP contribution in [0.25, 0.3) is 0 Å². The summed E-state index contributed by atoms with van der Waals surface area (Å²) in [5, 5.41) is 3.53. The highest BCUT2D eigenvalue weighted by Gasteiger charge is 2.21. The molecule has 0 atom stereocenters. The number of carbonyl (C=O) groups excluding carboxylic acids is 2. The Bertz CT molecular complexity index is 513. The van der Waals surface area contributed by atoms with Crippen molar-refractivity contribution in [2.75, 3.05) is 31.2 Å². The SMILES string of the molecule is CC(=O)N(CCNC(=O)C1CCOCC1)c1ccc(Cl)cc1. The number of hydrogen-bond acceptors (Lipinski definition) is 3. The molecule has 0 aliphatic carbocycles. The number of rotatable bonds is 5. The highest BCUT2D eigenvalue weighted by atomic mass is 35.5. The van der Waals surface area contributed by atoms with Crippen molar-refractivity contribution in [3.8, 4) is 0 Å². The third-order valence-electron chi connectivity index (χ3n) is 3.75. The van der Waals surface area contributed by atoms with Gasteiger partial charge in [-0.05, 0) is 37.1 Å². The zero-order chi connectivity index (χ0) is 15.9. The van der Waals surface area contributed by atoms with Gasteiger partial charge in [0.25, 0.3) is 0 Å². The van der Waals surface area contributed by atoms with Crippen LogP contribution in [0.2, 0.25) is 5.02 Å². The standard InChI is InChI=1S/C16H21ClN2O3/c1-12(20)19(15-4-2-14(17)3-5-15)9-8-18-16(21)13-6-10-22-11-7-13/h2-5,13H,6-11H2,1H3,(H,18,21). The molecule has 2 rings (SSSR count). The van der Waals surface area contributed by atoms with Crippen molar-refractivity contribution in [1.82, 2.24) is 5.32 Å². The van der Waals surface area contributed by atoms with Gasteiger partial charge in [0.2, 0.25) is 11.8 Å². The molecule has 1 aliphatic rings. The van der Waals surface area contributed by atoms with E-state index < -0.39 is 0 Å². The molecule has 5 nitrogen and oxygen atoms in total. The average molecular weight is 325 g/mol. The molecular weight excluding hydrogens is 304 g/mol. The summed E-state index contributed by atoms with van der Waals surface area (Å²) in [7, 11) is 0. The topological polar surface area (TPSA) is 58.6 Å². The summed E-state index contributed by atoms with van der Waals surface area (Å²) in [6.45, 7) is 3.66. The van der Waals surface area contributed by atoms with Crippen LogP contribution >= 0.6 is 11.6 Å². The molecule has 0 saturated carbocycles. The van der Waals surface area contributed by atoms with Gasteiger partial charge in [-0.3, -0.25) is 9.59 Å². The van der Waals surface area contributed by atoms with Crippen molar-refractivity contribution in [3.63, 3.8) is 0 Å². The summed E-state index contributed by atoms with van der Waals surface area (Å²) in [4.78, 5) is 25.4. The van der Waals surface area contributed by atoms with Gasteiger partial charge < -0.3 is 15.0 Å². The first-order valence-corrected chi connectivity index (χ1v) is 7.85. The maximum Gasteiger partial charge on any atom is 0.223 e. The highest BCUT2D eigenvalue weighted by Crippen LogP contribution is 2.18. The number of benzene rings is 1. The quantitative estimate of drug-likeness (QED) is 0.903. The van der Waals surface area contributed by atoms with Crippen LogP contribution in [0.5, 0.6) is 0 Å². The minimum atomic E-state index is -0.0670. The summed E-state index contributed by atoms with van der Waals surface area (Å²) < 4.78 is 5.25. The van der Waals surface area contributed by atoms with Crippen LogP contribution in [0.3, 0.4) is 0 Å². The second kappa shape index (κ2) is 8.15. The second-order valence-corrected chi connectivity index (χ2v) is 5.76. The largest absolute Gasteiger partial charge is 0.381 e. The molecule has 0 unspecified atom stereocenters. The number of hydrogen-bond donors (Lipinski definition) is 1. The summed E-state index contributed by atoms with van der Waals surface area (Å²) in [5.41, 5.74) is 0.775. The van der Waals surface area contributed by atoms with Crippen molar-refractivity contribution in [2.24, 2.45) is 5.92 Å². The fraction of sp³-hybridized carbons (Fsp3) is 0.500. The van der Waals surface area contributed by atoms with Crippen LogP contribution in [0.4, 0.5) is 5.69 Å². The molecule has 1 aromatic carbocycles. The van der Waals surface area contributed by atoms with Crippen molar-refractivity contribution < 1.29 is 14.3 Å². The van der Waals surface area contributed by atoms with E-state index in [-0.39, 0.29) is 17.7 Å². The van der Waals surface area contributed by atoms with Gasteiger partial charge in [-0.15, -0.1) is 0 Å². The van der Waals surface area contributed by atoms with E-state index in [1.54, 1.807) is 29.2 Å². The predicted molar refractivity (Wildman–Crippen MR) is 86.0 cm³/mol. The molecule has 1 fully saturated rings. The number of halogens is 1. The lowest BCUT2D eigenvalue weighted by molar-refractivity contribution is -0.127. The van der Waals surface area contributed by atoms with Gasteiger partial charge in [0, 0.05) is 49.9 Å². The van der Waals surface area contributed by atoms with E-state index in [1.165, 1.54) is 6.92 Å². The minimum Gasteiger partial charge on any atom is -0.381 e. The molecule has 6 heteroatoms. The smallest absolute Gasteiger partial charge is 0.223 e. The van der Waals surface area contributed by atoms with Crippen LogP contribution in [-0.2, 0) is 14.3 Å². The molecule has 1 saturated heterocycles. The van der Waals surface area contributed by atoms with Crippen LogP contribution in [0.1, 0.15) is 19.8 Å². The maximum atomic E-state index is 12.0. The molecule has 1 aromatic rings. The normalized spacial score (nSPS) is 15.4. The highest BCUT2D eigenvalue weighted by molar-refractivity contribution is 6.30. The van der Waals surface area contributed by atoms with E-state index in [9.17, 15) is 9.59 Å². The van der Waals surface area contributed by atoms with Crippen LogP contribution in [0.15, 0.2) is 24.3 Å². The number of nitrogens with one attached hydrogen (secondary N) is 1. The Hall–Kier alpha value is -1.59. The molecule has 0 radical (unpaired) electrons. The molecule has 0 aromatic heterocycles. The summed E-state index contributed by atoms with van der Waals surface area (Å²) in [5.74, 6) is 0.000561. The van der Waals surface area contributed by atoms with Crippen molar-refractivity contribution in [2.45, 2.75) is 19.8 Å². The Balaban J connectivity index is 1.85. The Morgan fingerprint density at radius 2 is 1.91 bits per heavy atom. The van der Waals surface area contributed by atoms with Gasteiger partial charge in [-0.2, -0.15) is 0 Å². The zero-order valence-corrected chi connectivity index (χ0v) is 13.4. The van der Waals surface area contributed by atoms with Crippen LogP contribution in [0, 0.1) is 5.92 Å². The van der Waals surface area contributed by atoms with Gasteiger partial charge in [0.15, 0.2) is 0 Å². The summed E-state index contributed by atoms with van der Waals surface area (Å²) >= 11 is 5.86. The monoisotopic (exact) mass is 324 g/mol. The first-order chi connectivity index (χ1) is 10.6. The molecule has 2 amide bonds. The van der Waals surface area contributed by atoms with E-state index in [4.69, 9.17) is 16.3 Å². The third-order valence-corrected chi connectivity index (χ3v) is 4.00. The molecule has 1 N–H and O–H groups in total. The van der Waals surface area contributed by atoms with E-state index in [1.807, 2.05) is 0 Å². The third kappa shape index (κ3) is 4.71. The Kier molecular flexibility index (Phi) is 6.21. The van der Waals surface area contributed by atoms with E-state index in [2.05, 4.69) is 5.32 Å². The fourth-order valence-corrected chi connectivity index (χ4v) is 2.61. The van der Waals surface area contributed by atoms with E-state index in [0.29, 0.717) is 31.3 Å². The summed E-state index contributed by atoms with van der Waals surface area (Å²) in [6, 6.07) is 7.08. The van der Waals surface area contributed by atoms with Crippen LogP contribution < -0.4 is 10.2 Å². The Morgan fingerprint density at radius 1 is 1.27 bits per heavy atom.